The van der Waals surface area contributed by atoms with Gasteiger partial charge in [0.2, 0.25) is 0 Å². The van der Waals surface area contributed by atoms with Crippen LogP contribution in [0.4, 0.5) is 0 Å². The monoisotopic (exact) mass is 294 g/mol. The van der Waals surface area contributed by atoms with E-state index in [0.717, 1.165) is 31.0 Å². The highest BCUT2D eigenvalue weighted by molar-refractivity contribution is 5.43. The highest BCUT2D eigenvalue weighted by atomic mass is 16.5. The minimum Gasteiger partial charge on any atom is -0.490 e. The lowest BCUT2D eigenvalue weighted by Gasteiger charge is -2.15. The number of nitrogens with zero attached hydrogens (tertiary/aromatic N) is 1. The predicted molar refractivity (Wildman–Crippen MR) is 88.3 cm³/mol. The zero-order chi connectivity index (χ0) is 15.7. The van der Waals surface area contributed by atoms with Crippen LogP contribution in [0.15, 0.2) is 18.2 Å². The molecule has 4 nitrogen and oxygen atoms in total. The smallest absolute Gasteiger partial charge is 0.161 e. The highest BCUT2D eigenvalue weighted by Gasteiger charge is 2.07. The van der Waals surface area contributed by atoms with E-state index in [1.165, 1.54) is 5.56 Å². The number of hydrogen-bond acceptors (Lipinski definition) is 4. The third kappa shape index (κ3) is 7.34. The van der Waals surface area contributed by atoms with E-state index in [4.69, 9.17) is 9.47 Å². The van der Waals surface area contributed by atoms with Gasteiger partial charge in [0.05, 0.1) is 13.2 Å². The van der Waals surface area contributed by atoms with Crippen molar-refractivity contribution in [1.29, 1.82) is 0 Å². The lowest BCUT2D eigenvalue weighted by atomic mass is 10.2. The molecule has 0 aliphatic heterocycles. The summed E-state index contributed by atoms with van der Waals surface area (Å²) in [6.07, 6.45) is 1.01. The second-order valence-corrected chi connectivity index (χ2v) is 5.75. The molecule has 0 fully saturated rings. The van der Waals surface area contributed by atoms with Crippen molar-refractivity contribution in [3.05, 3.63) is 23.8 Å². The van der Waals surface area contributed by atoms with E-state index >= 15 is 0 Å². The Balaban J connectivity index is 2.61. The van der Waals surface area contributed by atoms with Crippen LogP contribution < -0.4 is 14.8 Å². The molecule has 1 aromatic rings. The number of nitrogens with one attached hydrogen (secondary N) is 1. The molecule has 0 saturated heterocycles. The van der Waals surface area contributed by atoms with E-state index in [2.05, 4.69) is 50.3 Å². The first-order valence-electron chi connectivity index (χ1n) is 7.79. The second-order valence-electron chi connectivity index (χ2n) is 5.75. The van der Waals surface area contributed by atoms with Crippen molar-refractivity contribution in [2.75, 3.05) is 33.9 Å². The standard InChI is InChI=1S/C17H30N2O2/c1-6-20-17-12-15(13-18-14(2)3)8-9-16(17)21-11-7-10-19(4)5/h8-9,12,14,18H,6-7,10-11,13H2,1-5H3. The SMILES string of the molecule is CCOc1cc(CNC(C)C)ccc1OCCCN(C)C. The van der Waals surface area contributed by atoms with Gasteiger partial charge in [-0.25, -0.2) is 0 Å². The number of hydrogen-bond donors (Lipinski definition) is 1. The molecule has 0 spiro atoms. The molecule has 0 amide bonds. The van der Waals surface area contributed by atoms with Crippen LogP contribution in [-0.2, 0) is 6.54 Å². The largest absolute Gasteiger partial charge is 0.490 e. The fraction of sp³-hybridized carbons (Fsp3) is 0.647. The Morgan fingerprint density at radius 2 is 1.90 bits per heavy atom. The minimum atomic E-state index is 0.475. The van der Waals surface area contributed by atoms with Gasteiger partial charge in [0, 0.05) is 19.1 Å². The Kier molecular flexibility index (Phi) is 8.16. The summed E-state index contributed by atoms with van der Waals surface area (Å²) < 4.78 is 11.5. The van der Waals surface area contributed by atoms with E-state index in [1.54, 1.807) is 0 Å². The molecule has 0 aromatic heterocycles. The van der Waals surface area contributed by atoms with Crippen LogP contribution in [0.25, 0.3) is 0 Å². The topological polar surface area (TPSA) is 33.7 Å². The average molecular weight is 294 g/mol. The number of benzene rings is 1. The lowest BCUT2D eigenvalue weighted by molar-refractivity contribution is 0.258. The summed E-state index contributed by atoms with van der Waals surface area (Å²) in [5.41, 5.74) is 1.22. The van der Waals surface area contributed by atoms with Crippen molar-refractivity contribution in [2.45, 2.75) is 39.8 Å². The Labute approximate surface area is 129 Å². The first kappa shape index (κ1) is 17.8. The summed E-state index contributed by atoms with van der Waals surface area (Å²) >= 11 is 0. The Morgan fingerprint density at radius 1 is 1.14 bits per heavy atom. The summed E-state index contributed by atoms with van der Waals surface area (Å²) in [4.78, 5) is 2.16. The molecule has 0 aliphatic rings. The maximum Gasteiger partial charge on any atom is 0.161 e. The number of rotatable bonds is 10. The van der Waals surface area contributed by atoms with Gasteiger partial charge in [-0.1, -0.05) is 19.9 Å². The van der Waals surface area contributed by atoms with Crippen LogP contribution >= 0.6 is 0 Å². The van der Waals surface area contributed by atoms with Gasteiger partial charge < -0.3 is 19.7 Å². The van der Waals surface area contributed by atoms with Gasteiger partial charge in [0.15, 0.2) is 11.5 Å². The summed E-state index contributed by atoms with van der Waals surface area (Å²) in [7, 11) is 4.14. The van der Waals surface area contributed by atoms with Crippen LogP contribution in [0.1, 0.15) is 32.8 Å². The molecule has 0 radical (unpaired) electrons. The van der Waals surface area contributed by atoms with Crippen LogP contribution in [0, 0.1) is 0 Å². The molecule has 0 aliphatic carbocycles. The van der Waals surface area contributed by atoms with Crippen molar-refractivity contribution in [1.82, 2.24) is 10.2 Å². The molecule has 21 heavy (non-hydrogen) atoms. The van der Waals surface area contributed by atoms with Gasteiger partial charge in [0.25, 0.3) is 0 Å². The Hall–Kier alpha value is -1.26. The third-order valence-corrected chi connectivity index (χ3v) is 3.03. The number of ether oxygens (including phenoxy) is 2. The summed E-state index contributed by atoms with van der Waals surface area (Å²) in [6.45, 7) is 9.52. The lowest BCUT2D eigenvalue weighted by Crippen LogP contribution is -2.21. The molecule has 120 valence electrons. The van der Waals surface area contributed by atoms with E-state index in [0.29, 0.717) is 19.3 Å². The molecule has 0 atom stereocenters. The van der Waals surface area contributed by atoms with Gasteiger partial charge in [-0.05, 0) is 45.1 Å². The van der Waals surface area contributed by atoms with Crippen molar-refractivity contribution in [2.24, 2.45) is 0 Å². The molecule has 4 heteroatoms. The van der Waals surface area contributed by atoms with E-state index < -0.39 is 0 Å². The first-order chi connectivity index (χ1) is 10.0. The highest BCUT2D eigenvalue weighted by Crippen LogP contribution is 2.28. The molecular formula is C17H30N2O2. The molecule has 1 rings (SSSR count). The normalized spacial score (nSPS) is 11.2. The summed E-state index contributed by atoms with van der Waals surface area (Å²) in [6, 6.07) is 6.65. The quantitative estimate of drug-likeness (QED) is 0.673. The van der Waals surface area contributed by atoms with E-state index in [-0.39, 0.29) is 0 Å². The maximum absolute atomic E-state index is 5.85. The van der Waals surface area contributed by atoms with Crippen molar-refractivity contribution >= 4 is 0 Å². The van der Waals surface area contributed by atoms with Crippen LogP contribution in [-0.4, -0.2) is 44.8 Å². The third-order valence-electron chi connectivity index (χ3n) is 3.03. The zero-order valence-electron chi connectivity index (χ0n) is 14.1. The van der Waals surface area contributed by atoms with Gasteiger partial charge in [0.1, 0.15) is 0 Å². The van der Waals surface area contributed by atoms with Crippen LogP contribution in [0.3, 0.4) is 0 Å². The first-order valence-corrected chi connectivity index (χ1v) is 7.79. The molecular weight excluding hydrogens is 264 g/mol. The van der Waals surface area contributed by atoms with Crippen LogP contribution in [0.2, 0.25) is 0 Å². The molecule has 0 unspecified atom stereocenters. The van der Waals surface area contributed by atoms with Gasteiger partial charge in [-0.2, -0.15) is 0 Å². The fourth-order valence-corrected chi connectivity index (χ4v) is 1.93. The van der Waals surface area contributed by atoms with Gasteiger partial charge in [-0.15, -0.1) is 0 Å². The Morgan fingerprint density at radius 3 is 2.52 bits per heavy atom. The second kappa shape index (κ2) is 9.64. The van der Waals surface area contributed by atoms with Gasteiger partial charge >= 0.3 is 0 Å². The molecule has 0 saturated carbocycles. The summed E-state index contributed by atoms with van der Waals surface area (Å²) in [5.74, 6) is 1.68. The maximum atomic E-state index is 5.85. The van der Waals surface area contributed by atoms with Crippen molar-refractivity contribution < 1.29 is 9.47 Å². The van der Waals surface area contributed by atoms with Crippen LogP contribution in [0.5, 0.6) is 11.5 Å². The minimum absolute atomic E-state index is 0.475. The molecule has 0 heterocycles. The fourth-order valence-electron chi connectivity index (χ4n) is 1.93. The average Bonchev–Trinajstić information content (AvgIpc) is 2.43. The van der Waals surface area contributed by atoms with E-state index in [1.807, 2.05) is 13.0 Å². The Bertz CT molecular complexity index is 406. The predicted octanol–water partition coefficient (Wildman–Crippen LogP) is 2.91. The zero-order valence-corrected chi connectivity index (χ0v) is 14.1. The summed E-state index contributed by atoms with van der Waals surface area (Å²) in [5, 5.41) is 3.41. The molecule has 0 bridgehead atoms. The van der Waals surface area contributed by atoms with Crippen molar-refractivity contribution in [3.63, 3.8) is 0 Å². The van der Waals surface area contributed by atoms with Gasteiger partial charge in [-0.3, -0.25) is 0 Å². The van der Waals surface area contributed by atoms with Crippen molar-refractivity contribution in [3.8, 4) is 11.5 Å². The molecule has 1 aromatic carbocycles. The molecule has 1 N–H and O–H groups in total. The van der Waals surface area contributed by atoms with E-state index in [9.17, 15) is 0 Å².